The average Bonchev–Trinajstić information content (AvgIpc) is 2.49. The highest BCUT2D eigenvalue weighted by Crippen LogP contribution is 2.32. The quantitative estimate of drug-likeness (QED) is 0.864. The van der Waals surface area contributed by atoms with Crippen LogP contribution in [-0.2, 0) is 9.53 Å². The molecule has 1 atom stereocenters. The number of hydrogen-bond acceptors (Lipinski definition) is 5. The average molecular weight is 279 g/mol. The Kier molecular flexibility index (Phi) is 3.75. The molecule has 6 nitrogen and oxygen atoms in total. The fourth-order valence-electron chi connectivity index (χ4n) is 2.32. The second-order valence-electron chi connectivity index (χ2n) is 4.81. The van der Waals surface area contributed by atoms with E-state index in [-0.39, 0.29) is 19.1 Å². The number of β-amino-alcohol motifs (C(OH)–C–C–N with tert-alkyl or cyclic N) is 1. The van der Waals surface area contributed by atoms with Crippen LogP contribution in [0.2, 0.25) is 0 Å². The van der Waals surface area contributed by atoms with Gasteiger partial charge in [-0.3, -0.25) is 4.79 Å². The summed E-state index contributed by atoms with van der Waals surface area (Å²) in [5, 5.41) is 10.3. The summed E-state index contributed by atoms with van der Waals surface area (Å²) in [6, 6.07) is 5.35. The molecule has 20 heavy (non-hydrogen) atoms. The Morgan fingerprint density at radius 3 is 2.80 bits per heavy atom. The van der Waals surface area contributed by atoms with Crippen LogP contribution in [0.5, 0.6) is 11.5 Å². The van der Waals surface area contributed by atoms with Crippen LogP contribution in [0.15, 0.2) is 18.2 Å². The van der Waals surface area contributed by atoms with Crippen molar-refractivity contribution >= 4 is 5.91 Å². The molecule has 1 fully saturated rings. The van der Waals surface area contributed by atoms with E-state index in [9.17, 15) is 9.90 Å². The number of fused-ring (bicyclic) bond motifs is 1. The molecule has 6 heteroatoms. The Hall–Kier alpha value is -1.79. The maximum atomic E-state index is 11.6. The van der Waals surface area contributed by atoms with Gasteiger partial charge in [-0.05, 0) is 17.7 Å². The van der Waals surface area contributed by atoms with Gasteiger partial charge in [0.15, 0.2) is 11.5 Å². The number of amides is 1. The number of aliphatic hydroxyl groups excluding tert-OH is 1. The van der Waals surface area contributed by atoms with E-state index < -0.39 is 6.10 Å². The third-order valence-corrected chi connectivity index (χ3v) is 3.43. The summed E-state index contributed by atoms with van der Waals surface area (Å²) < 4.78 is 16.0. The maximum absolute atomic E-state index is 11.6. The number of nitrogens with zero attached hydrogens (tertiary/aromatic N) is 1. The van der Waals surface area contributed by atoms with Crippen LogP contribution in [0.3, 0.4) is 0 Å². The van der Waals surface area contributed by atoms with Crippen molar-refractivity contribution in [2.75, 3.05) is 39.5 Å². The number of benzene rings is 1. The number of hydrogen-bond donors (Lipinski definition) is 1. The van der Waals surface area contributed by atoms with Crippen molar-refractivity contribution in [2.45, 2.75) is 6.10 Å². The Morgan fingerprint density at radius 1 is 1.20 bits per heavy atom. The molecule has 0 aliphatic carbocycles. The third-order valence-electron chi connectivity index (χ3n) is 3.43. The lowest BCUT2D eigenvalue weighted by atomic mass is 10.1. The Bertz CT molecular complexity index is 504. The van der Waals surface area contributed by atoms with Gasteiger partial charge < -0.3 is 24.2 Å². The summed E-state index contributed by atoms with van der Waals surface area (Å²) in [6.45, 7) is 2.43. The molecule has 0 bridgehead atoms. The molecule has 1 saturated heterocycles. The fraction of sp³-hybridized carbons (Fsp3) is 0.500. The lowest BCUT2D eigenvalue weighted by molar-refractivity contribution is -0.144. The Morgan fingerprint density at radius 2 is 2.00 bits per heavy atom. The summed E-state index contributed by atoms with van der Waals surface area (Å²) in [6.07, 6.45) is -0.743. The predicted molar refractivity (Wildman–Crippen MR) is 69.8 cm³/mol. The smallest absolute Gasteiger partial charge is 0.248 e. The zero-order chi connectivity index (χ0) is 13.9. The van der Waals surface area contributed by atoms with Gasteiger partial charge in [-0.2, -0.15) is 0 Å². The van der Waals surface area contributed by atoms with Crippen LogP contribution in [0.4, 0.5) is 0 Å². The summed E-state index contributed by atoms with van der Waals surface area (Å²) in [5.41, 5.74) is 0.716. The van der Waals surface area contributed by atoms with E-state index in [1.54, 1.807) is 23.1 Å². The van der Waals surface area contributed by atoms with Gasteiger partial charge >= 0.3 is 0 Å². The van der Waals surface area contributed by atoms with Gasteiger partial charge in [-0.25, -0.2) is 0 Å². The standard InChI is InChI=1S/C14H17NO5/c16-11(8-15-3-4-18-9-14(15)17)10-1-2-12-13(7-10)20-6-5-19-12/h1-2,7,11,16H,3-6,8-9H2. The van der Waals surface area contributed by atoms with Gasteiger partial charge in [0.1, 0.15) is 19.8 Å². The Balaban J connectivity index is 1.70. The van der Waals surface area contributed by atoms with Crippen molar-refractivity contribution in [2.24, 2.45) is 0 Å². The molecule has 108 valence electrons. The maximum Gasteiger partial charge on any atom is 0.248 e. The molecule has 1 aromatic carbocycles. The van der Waals surface area contributed by atoms with Gasteiger partial charge in [-0.15, -0.1) is 0 Å². The second-order valence-corrected chi connectivity index (χ2v) is 4.81. The van der Waals surface area contributed by atoms with Crippen LogP contribution in [0, 0.1) is 0 Å². The largest absolute Gasteiger partial charge is 0.486 e. The molecule has 0 spiro atoms. The van der Waals surface area contributed by atoms with Gasteiger partial charge in [0.2, 0.25) is 5.91 Å². The molecule has 0 aromatic heterocycles. The first-order valence-corrected chi connectivity index (χ1v) is 6.67. The molecule has 0 radical (unpaired) electrons. The number of ether oxygens (including phenoxy) is 3. The summed E-state index contributed by atoms with van der Waals surface area (Å²) in [4.78, 5) is 13.3. The number of carbonyl (C=O) groups is 1. The van der Waals surface area contributed by atoms with Crippen molar-refractivity contribution in [3.63, 3.8) is 0 Å². The molecule has 1 N–H and O–H groups in total. The highest BCUT2D eigenvalue weighted by Gasteiger charge is 2.23. The summed E-state index contributed by atoms with van der Waals surface area (Å²) in [5.74, 6) is 1.24. The number of rotatable bonds is 3. The molecule has 1 amide bonds. The number of morpholine rings is 1. The zero-order valence-electron chi connectivity index (χ0n) is 11.1. The van der Waals surface area contributed by atoms with Crippen molar-refractivity contribution in [3.05, 3.63) is 23.8 Å². The monoisotopic (exact) mass is 279 g/mol. The molecular formula is C14H17NO5. The van der Waals surface area contributed by atoms with Crippen molar-refractivity contribution in [3.8, 4) is 11.5 Å². The van der Waals surface area contributed by atoms with E-state index in [0.717, 1.165) is 0 Å². The minimum absolute atomic E-state index is 0.0900. The normalized spacial score (nSPS) is 19.9. The second kappa shape index (κ2) is 5.68. The first kappa shape index (κ1) is 13.2. The first-order chi connectivity index (χ1) is 9.74. The predicted octanol–water partition coefficient (Wildman–Crippen LogP) is 0.350. The van der Waals surface area contributed by atoms with E-state index in [2.05, 4.69) is 0 Å². The molecule has 2 aliphatic rings. The van der Waals surface area contributed by atoms with E-state index in [1.165, 1.54) is 0 Å². The van der Waals surface area contributed by atoms with E-state index >= 15 is 0 Å². The van der Waals surface area contributed by atoms with Crippen LogP contribution in [-0.4, -0.2) is 55.4 Å². The highest BCUT2D eigenvalue weighted by atomic mass is 16.6. The van der Waals surface area contributed by atoms with Crippen LogP contribution in [0.1, 0.15) is 11.7 Å². The van der Waals surface area contributed by atoms with Crippen LogP contribution >= 0.6 is 0 Å². The van der Waals surface area contributed by atoms with Crippen molar-refractivity contribution < 1.29 is 24.1 Å². The highest BCUT2D eigenvalue weighted by molar-refractivity contribution is 5.78. The third kappa shape index (κ3) is 2.71. The molecular weight excluding hydrogens is 262 g/mol. The van der Waals surface area contributed by atoms with Crippen LogP contribution in [0.25, 0.3) is 0 Å². The van der Waals surface area contributed by atoms with Crippen LogP contribution < -0.4 is 9.47 Å². The van der Waals surface area contributed by atoms with Crippen molar-refractivity contribution in [1.82, 2.24) is 4.90 Å². The Labute approximate surface area is 116 Å². The topological polar surface area (TPSA) is 68.2 Å². The fourth-order valence-corrected chi connectivity index (χ4v) is 2.32. The zero-order valence-corrected chi connectivity index (χ0v) is 11.1. The summed E-state index contributed by atoms with van der Waals surface area (Å²) in [7, 11) is 0. The molecule has 0 saturated carbocycles. The van der Waals surface area contributed by atoms with E-state index in [1.807, 2.05) is 0 Å². The lowest BCUT2D eigenvalue weighted by Crippen LogP contribution is -2.43. The number of carbonyl (C=O) groups excluding carboxylic acids is 1. The molecule has 1 unspecified atom stereocenters. The van der Waals surface area contributed by atoms with Gasteiger partial charge in [0.25, 0.3) is 0 Å². The van der Waals surface area contributed by atoms with Crippen molar-refractivity contribution in [1.29, 1.82) is 0 Å². The van der Waals surface area contributed by atoms with Gasteiger partial charge in [0.05, 0.1) is 19.3 Å². The summed E-state index contributed by atoms with van der Waals surface area (Å²) >= 11 is 0. The SMILES string of the molecule is O=C1COCCN1CC(O)c1ccc2c(c1)OCCO2. The van der Waals surface area contributed by atoms with E-state index in [0.29, 0.717) is 43.4 Å². The first-order valence-electron chi connectivity index (χ1n) is 6.67. The minimum atomic E-state index is -0.743. The minimum Gasteiger partial charge on any atom is -0.486 e. The molecule has 3 rings (SSSR count). The van der Waals surface area contributed by atoms with Gasteiger partial charge in [0, 0.05) is 6.54 Å². The lowest BCUT2D eigenvalue weighted by Gasteiger charge is -2.29. The molecule has 2 aliphatic heterocycles. The number of aliphatic hydroxyl groups is 1. The molecule has 2 heterocycles. The molecule has 1 aromatic rings. The van der Waals surface area contributed by atoms with E-state index in [4.69, 9.17) is 14.2 Å². The van der Waals surface area contributed by atoms with Gasteiger partial charge in [-0.1, -0.05) is 6.07 Å².